The van der Waals surface area contributed by atoms with Gasteiger partial charge in [0.1, 0.15) is 12.4 Å². The zero-order valence-electron chi connectivity index (χ0n) is 9.18. The first kappa shape index (κ1) is 11.5. The topological polar surface area (TPSA) is 62.3 Å². The number of carbonyl (C=O) groups is 2. The van der Waals surface area contributed by atoms with E-state index in [0.29, 0.717) is 23.3 Å². The van der Waals surface area contributed by atoms with Crippen LogP contribution in [0, 0.1) is 17.9 Å². The van der Waals surface area contributed by atoms with Gasteiger partial charge in [-0.15, -0.1) is 0 Å². The Balaban J connectivity index is 3.00. The summed E-state index contributed by atoms with van der Waals surface area (Å²) in [5.74, 6) is 0. The third-order valence-electron chi connectivity index (χ3n) is 2.71. The fourth-order valence-electron chi connectivity index (χ4n) is 1.87. The van der Waals surface area contributed by atoms with Crippen LogP contribution in [0.4, 0.5) is 5.69 Å². The highest BCUT2D eigenvalue weighted by atomic mass is 16.1. The van der Waals surface area contributed by atoms with Crippen molar-refractivity contribution < 1.29 is 9.59 Å². The van der Waals surface area contributed by atoms with Gasteiger partial charge >= 0.3 is 0 Å². The first-order valence-electron chi connectivity index (χ1n) is 5.04. The van der Waals surface area contributed by atoms with Crippen LogP contribution in [0.5, 0.6) is 0 Å². The smallest absolute Gasteiger partial charge is 0.205 e. The zero-order chi connectivity index (χ0) is 13.1. The second-order valence-corrected chi connectivity index (χ2v) is 3.59. The zero-order valence-corrected chi connectivity index (χ0v) is 9.18. The van der Waals surface area contributed by atoms with Crippen LogP contribution in [0.3, 0.4) is 0 Å². The minimum Gasteiger partial charge on any atom is -0.299 e. The van der Waals surface area contributed by atoms with Gasteiger partial charge in [-0.2, -0.15) is 5.26 Å². The molecule has 0 fully saturated rings. The van der Waals surface area contributed by atoms with Crippen molar-refractivity contribution in [3.8, 4) is 6.07 Å². The van der Waals surface area contributed by atoms with Crippen molar-refractivity contribution in [2.75, 3.05) is 0 Å². The van der Waals surface area contributed by atoms with Crippen molar-refractivity contribution in [1.29, 1.82) is 5.26 Å². The van der Waals surface area contributed by atoms with Crippen LogP contribution in [0.15, 0.2) is 24.3 Å². The molecule has 0 aliphatic heterocycles. The van der Waals surface area contributed by atoms with Crippen LogP contribution < -0.4 is 0 Å². The Morgan fingerprint density at radius 1 is 1.06 bits per heavy atom. The maximum atomic E-state index is 10.8. The highest BCUT2D eigenvalue weighted by Crippen LogP contribution is 2.32. The molecule has 0 radical (unpaired) electrons. The summed E-state index contributed by atoms with van der Waals surface area (Å²) < 4.78 is 0. The number of fused-ring (bicyclic) bond motifs is 1. The second kappa shape index (κ2) is 4.48. The van der Waals surface area contributed by atoms with Crippen molar-refractivity contribution in [2.24, 2.45) is 0 Å². The Kier molecular flexibility index (Phi) is 2.87. The largest absolute Gasteiger partial charge is 0.299 e. The average Bonchev–Trinajstić information content (AvgIpc) is 2.44. The van der Waals surface area contributed by atoms with Crippen molar-refractivity contribution in [2.45, 2.75) is 0 Å². The number of hydrogen-bond acceptors (Lipinski definition) is 3. The summed E-state index contributed by atoms with van der Waals surface area (Å²) in [6.45, 7) is 7.11. The fraction of sp³-hybridized carbons (Fsp3) is 0. The standard InChI is InChI=1S/C14H6N2O2/c1-16-14-10(8-18)3-4-11-12(14)5-2-9(7-17)13(11)6-15/h2-5,7-8H. The SMILES string of the molecule is [C-]#[N+]c1c(C=O)ccc2c(C#N)c(C=O)ccc12. The molecule has 0 spiro atoms. The summed E-state index contributed by atoms with van der Waals surface area (Å²) in [6, 6.07) is 8.09. The van der Waals surface area contributed by atoms with Gasteiger partial charge in [-0.05, 0) is 10.8 Å². The quantitative estimate of drug-likeness (QED) is 0.592. The first-order valence-corrected chi connectivity index (χ1v) is 5.04. The Morgan fingerprint density at radius 2 is 1.67 bits per heavy atom. The molecule has 0 aliphatic rings. The number of benzene rings is 2. The predicted molar refractivity (Wildman–Crippen MR) is 65.7 cm³/mol. The highest BCUT2D eigenvalue weighted by molar-refractivity contribution is 6.06. The van der Waals surface area contributed by atoms with E-state index in [2.05, 4.69) is 4.85 Å². The Bertz CT molecular complexity index is 684. The van der Waals surface area contributed by atoms with E-state index in [0.717, 1.165) is 0 Å². The van der Waals surface area contributed by atoms with Crippen molar-refractivity contribution in [3.63, 3.8) is 0 Å². The van der Waals surface area contributed by atoms with Crippen LogP contribution in [0.25, 0.3) is 15.6 Å². The van der Waals surface area contributed by atoms with E-state index < -0.39 is 0 Å². The van der Waals surface area contributed by atoms with Gasteiger partial charge in [0.25, 0.3) is 0 Å². The number of nitrogens with zero attached hydrogens (tertiary/aromatic N) is 2. The molecule has 0 saturated carbocycles. The lowest BCUT2D eigenvalue weighted by Gasteiger charge is -2.06. The number of hydrogen-bond donors (Lipinski definition) is 0. The van der Waals surface area contributed by atoms with E-state index in [4.69, 9.17) is 11.8 Å². The van der Waals surface area contributed by atoms with E-state index in [9.17, 15) is 9.59 Å². The minimum atomic E-state index is 0.205. The average molecular weight is 234 g/mol. The Hall–Kier alpha value is -2.98. The number of rotatable bonds is 2. The predicted octanol–water partition coefficient (Wildman–Crippen LogP) is 2.89. The van der Waals surface area contributed by atoms with Crippen molar-refractivity contribution in [3.05, 3.63) is 52.4 Å². The lowest BCUT2D eigenvalue weighted by atomic mass is 9.97. The number of nitriles is 1. The molecule has 0 aliphatic carbocycles. The van der Waals surface area contributed by atoms with Gasteiger partial charge in [0.15, 0.2) is 6.29 Å². The molecule has 0 unspecified atom stereocenters. The normalized spacial score (nSPS) is 9.44. The molecule has 4 heteroatoms. The summed E-state index contributed by atoms with van der Waals surface area (Å²) in [4.78, 5) is 25.0. The molecular formula is C14H6N2O2. The third-order valence-corrected chi connectivity index (χ3v) is 2.71. The second-order valence-electron chi connectivity index (χ2n) is 3.59. The molecule has 0 atom stereocenters. The Labute approximate surface area is 103 Å². The van der Waals surface area contributed by atoms with E-state index in [1.807, 2.05) is 6.07 Å². The molecule has 0 heterocycles. The molecule has 0 saturated heterocycles. The molecular weight excluding hydrogens is 228 g/mol. The molecule has 0 N–H and O–H groups in total. The molecule has 0 aromatic heterocycles. The summed E-state index contributed by atoms with van der Waals surface area (Å²) in [5.41, 5.74) is 0.987. The molecule has 2 aromatic rings. The van der Waals surface area contributed by atoms with Gasteiger partial charge < -0.3 is 0 Å². The van der Waals surface area contributed by atoms with Gasteiger partial charge in [-0.25, -0.2) is 4.85 Å². The van der Waals surface area contributed by atoms with Gasteiger partial charge in [-0.1, -0.05) is 24.3 Å². The van der Waals surface area contributed by atoms with Crippen LogP contribution in [0.1, 0.15) is 26.3 Å². The van der Waals surface area contributed by atoms with Crippen LogP contribution in [-0.4, -0.2) is 12.6 Å². The van der Waals surface area contributed by atoms with Crippen molar-refractivity contribution >= 4 is 29.0 Å². The number of aldehydes is 2. The monoisotopic (exact) mass is 234 g/mol. The lowest BCUT2D eigenvalue weighted by molar-refractivity contribution is 0.111. The molecule has 18 heavy (non-hydrogen) atoms. The van der Waals surface area contributed by atoms with Gasteiger partial charge in [0.05, 0.1) is 12.1 Å². The van der Waals surface area contributed by atoms with Crippen molar-refractivity contribution in [1.82, 2.24) is 0 Å². The lowest BCUT2D eigenvalue weighted by Crippen LogP contribution is -1.91. The fourth-order valence-corrected chi connectivity index (χ4v) is 1.87. The van der Waals surface area contributed by atoms with Gasteiger partial charge in [0.2, 0.25) is 5.69 Å². The number of carbonyl (C=O) groups excluding carboxylic acids is 2. The molecule has 0 bridgehead atoms. The Morgan fingerprint density at radius 3 is 2.22 bits per heavy atom. The molecule has 4 nitrogen and oxygen atoms in total. The highest BCUT2D eigenvalue weighted by Gasteiger charge is 2.12. The van der Waals surface area contributed by atoms with Crippen LogP contribution in [0.2, 0.25) is 0 Å². The van der Waals surface area contributed by atoms with E-state index in [-0.39, 0.29) is 22.4 Å². The molecule has 2 rings (SSSR count). The maximum absolute atomic E-state index is 10.8. The molecule has 0 amide bonds. The van der Waals surface area contributed by atoms with E-state index in [1.54, 1.807) is 12.1 Å². The summed E-state index contributed by atoms with van der Waals surface area (Å²) in [7, 11) is 0. The summed E-state index contributed by atoms with van der Waals surface area (Å²) in [6.07, 6.45) is 1.20. The third kappa shape index (κ3) is 1.53. The minimum absolute atomic E-state index is 0.205. The molecule has 84 valence electrons. The first-order chi connectivity index (χ1) is 8.76. The van der Waals surface area contributed by atoms with Crippen LogP contribution in [-0.2, 0) is 0 Å². The van der Waals surface area contributed by atoms with Gasteiger partial charge in [-0.3, -0.25) is 9.59 Å². The maximum Gasteiger partial charge on any atom is 0.205 e. The van der Waals surface area contributed by atoms with Crippen LogP contribution >= 0.6 is 0 Å². The summed E-state index contributed by atoms with van der Waals surface area (Å²) >= 11 is 0. The van der Waals surface area contributed by atoms with E-state index >= 15 is 0 Å². The van der Waals surface area contributed by atoms with E-state index in [1.165, 1.54) is 12.1 Å². The van der Waals surface area contributed by atoms with Gasteiger partial charge in [0, 0.05) is 11.1 Å². The summed E-state index contributed by atoms with van der Waals surface area (Å²) in [5, 5.41) is 10.1. The molecule has 2 aromatic carbocycles.